The average molecular weight is 487 g/mol. The minimum absolute atomic E-state index is 0.167. The van der Waals surface area contributed by atoms with Gasteiger partial charge in [0.05, 0.1) is 17.1 Å². The quantitative estimate of drug-likeness (QED) is 0.327. The predicted molar refractivity (Wildman–Crippen MR) is 137 cm³/mol. The maximum atomic E-state index is 14.5. The molecule has 0 aromatic carbocycles. The van der Waals surface area contributed by atoms with E-state index < -0.39 is 12.1 Å². The normalized spacial score (nSPS) is 24.8. The summed E-state index contributed by atoms with van der Waals surface area (Å²) >= 11 is 0. The first-order valence-corrected chi connectivity index (χ1v) is 12.6. The Balaban J connectivity index is 0.00000103. The highest BCUT2D eigenvalue weighted by atomic mass is 19.1. The Morgan fingerprint density at radius 1 is 1.34 bits per heavy atom. The van der Waals surface area contributed by atoms with Crippen LogP contribution in [0.15, 0.2) is 62.7 Å². The third-order valence-corrected chi connectivity index (χ3v) is 6.56. The highest BCUT2D eigenvalue weighted by molar-refractivity contribution is 6.16. The molecule has 2 heterocycles. The van der Waals surface area contributed by atoms with E-state index in [9.17, 15) is 19.1 Å². The molecule has 2 aliphatic heterocycles. The zero-order valence-corrected chi connectivity index (χ0v) is 22.0. The number of rotatable bonds is 5. The fourth-order valence-corrected chi connectivity index (χ4v) is 4.91. The van der Waals surface area contributed by atoms with Crippen molar-refractivity contribution in [1.29, 1.82) is 0 Å². The molecule has 35 heavy (non-hydrogen) atoms. The van der Waals surface area contributed by atoms with E-state index in [-0.39, 0.29) is 29.8 Å². The van der Waals surface area contributed by atoms with Crippen molar-refractivity contribution in [3.05, 3.63) is 57.7 Å². The molecule has 3 atom stereocenters. The summed E-state index contributed by atoms with van der Waals surface area (Å²) in [6.07, 6.45) is 7.35. The van der Waals surface area contributed by atoms with Crippen LogP contribution in [0.5, 0.6) is 0 Å². The molecule has 0 bridgehead atoms. The molecule has 4 rings (SSSR count). The second-order valence-electron chi connectivity index (χ2n) is 8.59. The molecule has 0 aromatic heterocycles. The van der Waals surface area contributed by atoms with Crippen molar-refractivity contribution in [2.45, 2.75) is 66.9 Å². The van der Waals surface area contributed by atoms with Gasteiger partial charge in [-0.1, -0.05) is 39.3 Å². The smallest absolute Gasteiger partial charge is 0.334 e. The van der Waals surface area contributed by atoms with Crippen LogP contribution in [-0.4, -0.2) is 54.3 Å². The molecule has 4 aliphatic rings. The number of aldehydes is 1. The van der Waals surface area contributed by atoms with E-state index in [4.69, 9.17) is 9.73 Å². The molecule has 7 heteroatoms. The number of aliphatic hydroxyl groups is 1. The largest absolute Gasteiger partial charge is 0.459 e. The summed E-state index contributed by atoms with van der Waals surface area (Å²) in [5.74, 6) is -0.606. The lowest BCUT2D eigenvalue weighted by Crippen LogP contribution is -2.31. The van der Waals surface area contributed by atoms with Gasteiger partial charge in [-0.05, 0) is 62.3 Å². The Labute approximate surface area is 208 Å². The number of esters is 1. The van der Waals surface area contributed by atoms with E-state index in [1.165, 1.54) is 18.1 Å². The van der Waals surface area contributed by atoms with Gasteiger partial charge < -0.3 is 14.7 Å². The Hall–Kier alpha value is -2.80. The summed E-state index contributed by atoms with van der Waals surface area (Å²) in [4.78, 5) is 29.8. The first-order chi connectivity index (χ1) is 16.8. The van der Waals surface area contributed by atoms with E-state index in [0.717, 1.165) is 48.5 Å². The van der Waals surface area contributed by atoms with Gasteiger partial charge in [-0.3, -0.25) is 9.79 Å². The third kappa shape index (κ3) is 5.89. The molecule has 1 saturated heterocycles. The lowest BCUT2D eigenvalue weighted by atomic mass is 9.66. The lowest BCUT2D eigenvalue weighted by Gasteiger charge is -2.40. The Bertz CT molecular complexity index is 1010. The maximum absolute atomic E-state index is 14.5. The Kier molecular flexibility index (Phi) is 10.4. The van der Waals surface area contributed by atoms with Gasteiger partial charge in [-0.15, -0.1) is 0 Å². The topological polar surface area (TPSA) is 79.2 Å². The molecular formula is C28H39FN2O4. The summed E-state index contributed by atoms with van der Waals surface area (Å²) in [5, 5.41) is 9.22. The third-order valence-electron chi connectivity index (χ3n) is 6.56. The van der Waals surface area contributed by atoms with Crippen LogP contribution < -0.4 is 0 Å². The van der Waals surface area contributed by atoms with Gasteiger partial charge in [0.25, 0.3) is 0 Å². The Morgan fingerprint density at radius 2 is 2.03 bits per heavy atom. The SMILES string of the molecule is CC.CC.CC1=C(F)C=C2N=C3C(=C4CCCC1C24)CN(C)/C3=C\C=C(/C=O)COC(=O)C(C)O. The van der Waals surface area contributed by atoms with E-state index in [1.54, 1.807) is 18.2 Å². The van der Waals surface area contributed by atoms with E-state index in [2.05, 4.69) is 4.90 Å². The fraction of sp³-hybridized carbons (Fsp3) is 0.536. The van der Waals surface area contributed by atoms with Gasteiger partial charge in [0, 0.05) is 25.1 Å². The first-order valence-electron chi connectivity index (χ1n) is 12.6. The zero-order chi connectivity index (χ0) is 26.3. The zero-order valence-electron chi connectivity index (χ0n) is 22.0. The van der Waals surface area contributed by atoms with Crippen molar-refractivity contribution in [2.24, 2.45) is 16.8 Å². The molecule has 192 valence electrons. The molecule has 0 radical (unpaired) electrons. The molecule has 2 fully saturated rings. The highest BCUT2D eigenvalue weighted by Crippen LogP contribution is 2.51. The van der Waals surface area contributed by atoms with Crippen molar-refractivity contribution in [2.75, 3.05) is 20.2 Å². The number of nitrogens with zero attached hydrogens (tertiary/aromatic N) is 2. The average Bonchev–Trinajstić information content (AvgIpc) is 3.19. The predicted octanol–water partition coefficient (Wildman–Crippen LogP) is 5.23. The second kappa shape index (κ2) is 12.8. The molecule has 1 saturated carbocycles. The second-order valence-corrected chi connectivity index (χ2v) is 8.59. The molecule has 3 unspecified atom stereocenters. The van der Waals surface area contributed by atoms with Crippen LogP contribution in [0, 0.1) is 11.8 Å². The van der Waals surface area contributed by atoms with Gasteiger partial charge in [0.1, 0.15) is 24.8 Å². The number of aliphatic imine (C=N–C) groups is 1. The lowest BCUT2D eigenvalue weighted by molar-refractivity contribution is -0.151. The van der Waals surface area contributed by atoms with Crippen molar-refractivity contribution < 1.29 is 23.8 Å². The van der Waals surface area contributed by atoms with Gasteiger partial charge in [-0.2, -0.15) is 0 Å². The van der Waals surface area contributed by atoms with E-state index in [0.29, 0.717) is 6.29 Å². The number of carbonyl (C=O) groups excluding carboxylic acids is 2. The van der Waals surface area contributed by atoms with Crippen LogP contribution in [-0.2, 0) is 14.3 Å². The number of likely N-dealkylation sites (N-methyl/N-ethyl adjacent to an activating group) is 1. The highest BCUT2D eigenvalue weighted by Gasteiger charge is 2.43. The van der Waals surface area contributed by atoms with Gasteiger partial charge >= 0.3 is 5.97 Å². The van der Waals surface area contributed by atoms with Gasteiger partial charge in [-0.25, -0.2) is 9.18 Å². The summed E-state index contributed by atoms with van der Waals surface area (Å²) in [5.41, 5.74) is 6.13. The minimum atomic E-state index is -1.24. The maximum Gasteiger partial charge on any atom is 0.334 e. The summed E-state index contributed by atoms with van der Waals surface area (Å²) in [7, 11) is 1.96. The van der Waals surface area contributed by atoms with Crippen molar-refractivity contribution in [3.8, 4) is 0 Å². The van der Waals surface area contributed by atoms with Crippen LogP contribution in [0.1, 0.15) is 60.8 Å². The van der Waals surface area contributed by atoms with Crippen LogP contribution in [0.4, 0.5) is 4.39 Å². The monoisotopic (exact) mass is 486 g/mol. The van der Waals surface area contributed by atoms with Gasteiger partial charge in [0.2, 0.25) is 0 Å². The minimum Gasteiger partial charge on any atom is -0.459 e. The number of dihydropyridines is 1. The molecule has 0 amide bonds. The molecule has 0 spiro atoms. The number of fused-ring (bicyclic) bond motifs is 1. The number of aliphatic hydroxyl groups excluding tert-OH is 1. The van der Waals surface area contributed by atoms with E-state index in [1.807, 2.05) is 41.7 Å². The molecule has 6 nitrogen and oxygen atoms in total. The van der Waals surface area contributed by atoms with Crippen LogP contribution in [0.3, 0.4) is 0 Å². The number of ether oxygens (including phenoxy) is 1. The molecule has 1 N–H and O–H groups in total. The standard InChI is InChI=1S/C24H27FN2O4.2C2H6/c1-13-16-5-4-6-17-18-10-27(3)21(23(18)26-20(22(16)17)9-19(13)25)8-7-15(11-28)12-31-24(30)14(2)29;2*1-2/h7-9,11,14,16,22,29H,4-6,10,12H2,1-3H3;2*1-2H3/b15-7+,21-8-;;. The molecule has 0 aromatic rings. The van der Waals surface area contributed by atoms with Crippen LogP contribution in [0.2, 0.25) is 0 Å². The summed E-state index contributed by atoms with van der Waals surface area (Å²) < 4.78 is 19.5. The van der Waals surface area contributed by atoms with E-state index >= 15 is 0 Å². The number of carbonyl (C=O) groups is 2. The number of hydrogen-bond donors (Lipinski definition) is 1. The van der Waals surface area contributed by atoms with Crippen LogP contribution >= 0.6 is 0 Å². The van der Waals surface area contributed by atoms with Gasteiger partial charge in [0.15, 0.2) is 0 Å². The fourth-order valence-electron chi connectivity index (χ4n) is 4.91. The van der Waals surface area contributed by atoms with Crippen molar-refractivity contribution >= 4 is 18.0 Å². The Morgan fingerprint density at radius 3 is 2.66 bits per heavy atom. The summed E-state index contributed by atoms with van der Waals surface area (Å²) in [6, 6.07) is 0. The van der Waals surface area contributed by atoms with Crippen molar-refractivity contribution in [1.82, 2.24) is 4.90 Å². The molecular weight excluding hydrogens is 447 g/mol. The molecule has 2 aliphatic carbocycles. The summed E-state index contributed by atoms with van der Waals surface area (Å²) in [6.45, 7) is 11.7. The number of hydrogen-bond acceptors (Lipinski definition) is 6. The number of allylic oxidation sites excluding steroid dienone is 7. The number of likely N-dealkylation sites (tertiary alicyclic amines) is 1. The first kappa shape index (κ1) is 28.4. The number of halogens is 1. The van der Waals surface area contributed by atoms with Crippen LogP contribution in [0.25, 0.3) is 0 Å². The van der Waals surface area contributed by atoms with Crippen molar-refractivity contribution in [3.63, 3.8) is 0 Å².